The number of benzene rings is 1. The van der Waals surface area contributed by atoms with Crippen molar-refractivity contribution in [3.05, 3.63) is 40.4 Å². The van der Waals surface area contributed by atoms with E-state index in [4.69, 9.17) is 0 Å². The first-order valence-corrected chi connectivity index (χ1v) is 7.40. The van der Waals surface area contributed by atoms with Crippen molar-refractivity contribution >= 4 is 28.1 Å². The number of aryl methyl sites for hydroxylation is 3. The summed E-state index contributed by atoms with van der Waals surface area (Å²) in [4.78, 5) is 16.3. The molecule has 5 heteroatoms. The molecule has 0 saturated heterocycles. The van der Waals surface area contributed by atoms with E-state index in [0.29, 0.717) is 5.13 Å². The van der Waals surface area contributed by atoms with Gasteiger partial charge in [-0.15, -0.1) is 11.3 Å². The van der Waals surface area contributed by atoms with Crippen molar-refractivity contribution in [1.29, 1.82) is 0 Å². The van der Waals surface area contributed by atoms with Gasteiger partial charge in [-0.2, -0.15) is 0 Å². The van der Waals surface area contributed by atoms with Crippen LogP contribution in [0.15, 0.2) is 23.6 Å². The summed E-state index contributed by atoms with van der Waals surface area (Å²) in [6.45, 7) is 7.81. The second-order valence-electron chi connectivity index (χ2n) is 4.97. The van der Waals surface area contributed by atoms with Gasteiger partial charge in [-0.3, -0.25) is 4.79 Å². The largest absolute Gasteiger partial charge is 0.374 e. The number of thiazole rings is 1. The van der Waals surface area contributed by atoms with Gasteiger partial charge in [-0.1, -0.05) is 12.1 Å². The van der Waals surface area contributed by atoms with Gasteiger partial charge < -0.3 is 10.6 Å². The summed E-state index contributed by atoms with van der Waals surface area (Å²) in [5.41, 5.74) is 4.20. The highest BCUT2D eigenvalue weighted by molar-refractivity contribution is 7.13. The van der Waals surface area contributed by atoms with Crippen LogP contribution >= 0.6 is 11.3 Å². The van der Waals surface area contributed by atoms with E-state index in [1.165, 1.54) is 16.9 Å². The van der Waals surface area contributed by atoms with Crippen LogP contribution < -0.4 is 10.6 Å². The molecule has 0 unspecified atom stereocenters. The van der Waals surface area contributed by atoms with Crippen molar-refractivity contribution in [2.75, 3.05) is 10.6 Å². The highest BCUT2D eigenvalue weighted by Gasteiger charge is 2.15. The first-order valence-electron chi connectivity index (χ1n) is 6.52. The monoisotopic (exact) mass is 289 g/mol. The molecule has 1 aromatic carbocycles. The highest BCUT2D eigenvalue weighted by Crippen LogP contribution is 2.18. The maximum Gasteiger partial charge on any atom is 0.248 e. The van der Waals surface area contributed by atoms with Gasteiger partial charge in [-0.05, 0) is 44.9 Å². The maximum atomic E-state index is 12.1. The molecule has 1 amide bonds. The summed E-state index contributed by atoms with van der Waals surface area (Å²) >= 11 is 1.44. The summed E-state index contributed by atoms with van der Waals surface area (Å²) in [6, 6.07) is 5.84. The third kappa shape index (κ3) is 3.57. The van der Waals surface area contributed by atoms with Crippen molar-refractivity contribution in [2.45, 2.75) is 33.7 Å². The number of hydrogen-bond donors (Lipinski definition) is 2. The number of nitrogens with one attached hydrogen (secondary N) is 2. The van der Waals surface area contributed by atoms with Crippen LogP contribution in [0.5, 0.6) is 0 Å². The van der Waals surface area contributed by atoms with Gasteiger partial charge in [0.15, 0.2) is 5.13 Å². The zero-order chi connectivity index (χ0) is 14.7. The fourth-order valence-electron chi connectivity index (χ4n) is 1.82. The second kappa shape index (κ2) is 6.05. The lowest BCUT2D eigenvalue weighted by Gasteiger charge is -2.16. The normalized spacial score (nSPS) is 12.0. The van der Waals surface area contributed by atoms with Crippen LogP contribution in [-0.4, -0.2) is 16.9 Å². The zero-order valence-electron chi connectivity index (χ0n) is 12.2. The Morgan fingerprint density at radius 3 is 2.70 bits per heavy atom. The Morgan fingerprint density at radius 1 is 1.30 bits per heavy atom. The first-order chi connectivity index (χ1) is 9.45. The molecule has 0 aliphatic rings. The summed E-state index contributed by atoms with van der Waals surface area (Å²) < 4.78 is 0. The maximum absolute atomic E-state index is 12.1. The molecule has 1 atom stereocenters. The molecular weight excluding hydrogens is 270 g/mol. The predicted molar refractivity (Wildman–Crippen MR) is 84.5 cm³/mol. The average Bonchev–Trinajstić information content (AvgIpc) is 2.79. The Bertz CT molecular complexity index is 621. The van der Waals surface area contributed by atoms with Crippen molar-refractivity contribution in [2.24, 2.45) is 0 Å². The minimum atomic E-state index is -0.320. The van der Waals surface area contributed by atoms with E-state index >= 15 is 0 Å². The van der Waals surface area contributed by atoms with Crippen molar-refractivity contribution < 1.29 is 4.79 Å². The topological polar surface area (TPSA) is 54.0 Å². The zero-order valence-corrected chi connectivity index (χ0v) is 13.0. The molecule has 0 saturated carbocycles. The van der Waals surface area contributed by atoms with Gasteiger partial charge in [0.05, 0.1) is 5.69 Å². The second-order valence-corrected chi connectivity index (χ2v) is 5.83. The van der Waals surface area contributed by atoms with E-state index in [-0.39, 0.29) is 11.9 Å². The third-order valence-electron chi connectivity index (χ3n) is 3.01. The lowest BCUT2D eigenvalue weighted by molar-refractivity contribution is -0.116. The Morgan fingerprint density at radius 2 is 2.05 bits per heavy atom. The molecule has 1 aromatic heterocycles. The molecule has 0 fully saturated rings. The van der Waals surface area contributed by atoms with E-state index in [0.717, 1.165) is 16.9 Å². The average molecular weight is 289 g/mol. The molecule has 2 N–H and O–H groups in total. The molecule has 2 aromatic rings. The van der Waals surface area contributed by atoms with E-state index < -0.39 is 0 Å². The van der Waals surface area contributed by atoms with Crippen LogP contribution in [0, 0.1) is 20.8 Å². The number of amides is 1. The van der Waals surface area contributed by atoms with Crippen molar-refractivity contribution in [1.82, 2.24) is 4.98 Å². The van der Waals surface area contributed by atoms with Crippen molar-refractivity contribution in [3.8, 4) is 0 Å². The molecular formula is C15H19N3OS. The molecule has 2 rings (SSSR count). The van der Waals surface area contributed by atoms with Gasteiger partial charge in [0.2, 0.25) is 5.91 Å². The molecule has 106 valence electrons. The molecule has 0 bridgehead atoms. The van der Waals surface area contributed by atoms with E-state index in [2.05, 4.69) is 21.7 Å². The minimum Gasteiger partial charge on any atom is -0.374 e. The van der Waals surface area contributed by atoms with Crippen LogP contribution in [-0.2, 0) is 4.79 Å². The van der Waals surface area contributed by atoms with E-state index in [1.54, 1.807) is 0 Å². The quantitative estimate of drug-likeness (QED) is 0.905. The third-order valence-corrected chi connectivity index (χ3v) is 3.88. The number of carbonyl (C=O) groups excluding carboxylic acids is 1. The SMILES string of the molecule is Cc1ccc(C)c(N[C@@H](C)C(=O)Nc2nc(C)cs2)c1. The van der Waals surface area contributed by atoms with Crippen LogP contribution in [0.1, 0.15) is 23.7 Å². The van der Waals surface area contributed by atoms with Gasteiger partial charge >= 0.3 is 0 Å². The summed E-state index contributed by atoms with van der Waals surface area (Å²) in [7, 11) is 0. The van der Waals surface area contributed by atoms with Crippen LogP contribution in [0.25, 0.3) is 0 Å². The van der Waals surface area contributed by atoms with Gasteiger partial charge in [0.25, 0.3) is 0 Å². The molecule has 0 aliphatic carbocycles. The van der Waals surface area contributed by atoms with Gasteiger partial charge in [0.1, 0.15) is 6.04 Å². The molecule has 1 heterocycles. The Labute approximate surface area is 123 Å². The minimum absolute atomic E-state index is 0.0831. The Balaban J connectivity index is 2.02. The number of rotatable bonds is 4. The summed E-state index contributed by atoms with van der Waals surface area (Å²) in [5, 5.41) is 8.62. The summed E-state index contributed by atoms with van der Waals surface area (Å²) in [5.74, 6) is -0.0831. The van der Waals surface area contributed by atoms with Crippen molar-refractivity contribution in [3.63, 3.8) is 0 Å². The number of anilines is 2. The fourth-order valence-corrected chi connectivity index (χ4v) is 2.51. The Kier molecular flexibility index (Phi) is 4.39. The van der Waals surface area contributed by atoms with E-state index in [9.17, 15) is 4.79 Å². The first kappa shape index (κ1) is 14.5. The van der Waals surface area contributed by atoms with Gasteiger partial charge in [0, 0.05) is 11.1 Å². The van der Waals surface area contributed by atoms with Crippen LogP contribution in [0.2, 0.25) is 0 Å². The van der Waals surface area contributed by atoms with Gasteiger partial charge in [-0.25, -0.2) is 4.98 Å². The predicted octanol–water partition coefficient (Wildman–Crippen LogP) is 3.51. The smallest absolute Gasteiger partial charge is 0.248 e. The Hall–Kier alpha value is -1.88. The number of aromatic nitrogens is 1. The molecule has 0 aliphatic heterocycles. The standard InChI is InChI=1S/C15H19N3OS/c1-9-5-6-10(2)13(7-9)17-12(4)14(19)18-15-16-11(3)8-20-15/h5-8,12,17H,1-4H3,(H,16,18,19)/t12-/m0/s1. The van der Waals surface area contributed by atoms with Crippen LogP contribution in [0.4, 0.5) is 10.8 Å². The molecule has 0 spiro atoms. The highest BCUT2D eigenvalue weighted by atomic mass is 32.1. The number of hydrogen-bond acceptors (Lipinski definition) is 4. The molecule has 4 nitrogen and oxygen atoms in total. The summed E-state index contributed by atoms with van der Waals surface area (Å²) in [6.07, 6.45) is 0. The molecule has 0 radical (unpaired) electrons. The number of nitrogens with zero attached hydrogens (tertiary/aromatic N) is 1. The molecule has 20 heavy (non-hydrogen) atoms. The lowest BCUT2D eigenvalue weighted by Crippen LogP contribution is -2.32. The lowest BCUT2D eigenvalue weighted by atomic mass is 10.1. The fraction of sp³-hybridized carbons (Fsp3) is 0.333. The number of carbonyl (C=O) groups is 1. The van der Waals surface area contributed by atoms with Crippen LogP contribution in [0.3, 0.4) is 0 Å². The van der Waals surface area contributed by atoms with E-state index in [1.807, 2.05) is 45.2 Å².